The van der Waals surface area contributed by atoms with E-state index in [4.69, 9.17) is 19.3 Å². The summed E-state index contributed by atoms with van der Waals surface area (Å²) in [6, 6.07) is 24.4. The zero-order chi connectivity index (χ0) is 21.2. The van der Waals surface area contributed by atoms with Crippen molar-refractivity contribution in [2.45, 2.75) is 19.4 Å². The highest BCUT2D eigenvalue weighted by atomic mass is 16.7. The molecule has 0 unspecified atom stereocenters. The van der Waals surface area contributed by atoms with Gasteiger partial charge in [0.2, 0.25) is 0 Å². The minimum atomic E-state index is -0.495. The van der Waals surface area contributed by atoms with Crippen LogP contribution in [0.1, 0.15) is 13.8 Å². The van der Waals surface area contributed by atoms with Crippen molar-refractivity contribution in [3.05, 3.63) is 85.1 Å². The Morgan fingerprint density at radius 2 is 1.58 bits per heavy atom. The van der Waals surface area contributed by atoms with Crippen molar-refractivity contribution >= 4 is 40.2 Å². The number of rotatable bonds is 2. The normalized spacial score (nSPS) is 15.8. The van der Waals surface area contributed by atoms with E-state index in [1.165, 1.54) is 0 Å². The van der Waals surface area contributed by atoms with Crippen LogP contribution in [0.5, 0.6) is 0 Å². The summed E-state index contributed by atoms with van der Waals surface area (Å²) in [5.41, 5.74) is 5.27. The molecule has 1 aliphatic rings. The van der Waals surface area contributed by atoms with Gasteiger partial charge in [-0.1, -0.05) is 55.1 Å². The number of para-hydroxylation sites is 3. The molecule has 5 nitrogen and oxygen atoms in total. The zero-order valence-electron chi connectivity index (χ0n) is 17.4. The van der Waals surface area contributed by atoms with Gasteiger partial charge in [0, 0.05) is 10.9 Å². The SMILES string of the molecule is C=C1OB(c2ccc(-c3nc4ccccc4c4nc5ccccc5n34)cc2)OC1(C)C. The molecule has 3 aromatic carbocycles. The number of benzene rings is 3. The Morgan fingerprint density at radius 1 is 0.871 bits per heavy atom. The fourth-order valence-electron chi connectivity index (χ4n) is 4.09. The molecule has 31 heavy (non-hydrogen) atoms. The van der Waals surface area contributed by atoms with Gasteiger partial charge in [-0.15, -0.1) is 0 Å². The summed E-state index contributed by atoms with van der Waals surface area (Å²) in [5, 5.41) is 1.03. The molecule has 6 rings (SSSR count). The number of hydrogen-bond acceptors (Lipinski definition) is 4. The van der Waals surface area contributed by atoms with Crippen molar-refractivity contribution in [1.82, 2.24) is 14.4 Å². The van der Waals surface area contributed by atoms with Crippen LogP contribution in [-0.2, 0) is 9.31 Å². The summed E-state index contributed by atoms with van der Waals surface area (Å²) in [6.07, 6.45) is 0. The van der Waals surface area contributed by atoms with Crippen molar-refractivity contribution < 1.29 is 9.31 Å². The highest BCUT2D eigenvalue weighted by molar-refractivity contribution is 6.62. The van der Waals surface area contributed by atoms with Gasteiger partial charge in [-0.25, -0.2) is 9.97 Å². The van der Waals surface area contributed by atoms with Crippen LogP contribution in [-0.4, -0.2) is 27.1 Å². The van der Waals surface area contributed by atoms with E-state index in [2.05, 4.69) is 35.2 Å². The lowest BCUT2D eigenvalue weighted by Crippen LogP contribution is -2.34. The molecular weight excluding hydrogens is 385 g/mol. The molecular formula is C25H20BN3O2. The third kappa shape index (κ3) is 2.76. The standard InChI is InChI=1S/C25H20BN3O2/c1-16-25(2,3)31-26(30-16)18-14-12-17(13-15-18)23-27-20-9-5-4-8-19(20)24-28-21-10-6-7-11-22(21)29(23)24/h4-15H,1H2,2-3H3. The number of aromatic nitrogens is 3. The largest absolute Gasteiger partial charge is 0.563 e. The van der Waals surface area contributed by atoms with Gasteiger partial charge in [-0.3, -0.25) is 4.40 Å². The first-order valence-electron chi connectivity index (χ1n) is 10.3. The van der Waals surface area contributed by atoms with E-state index < -0.39 is 12.7 Å². The Morgan fingerprint density at radius 3 is 2.32 bits per heavy atom. The van der Waals surface area contributed by atoms with Crippen LogP contribution in [0.2, 0.25) is 0 Å². The van der Waals surface area contributed by atoms with Crippen molar-refractivity contribution in [3.8, 4) is 11.4 Å². The van der Waals surface area contributed by atoms with Crippen molar-refractivity contribution in [2.24, 2.45) is 0 Å². The van der Waals surface area contributed by atoms with Gasteiger partial charge in [-0.2, -0.15) is 0 Å². The van der Waals surface area contributed by atoms with Crippen LogP contribution in [0, 0.1) is 0 Å². The van der Waals surface area contributed by atoms with Crippen LogP contribution in [0.15, 0.2) is 85.1 Å². The molecule has 0 radical (unpaired) electrons. The van der Waals surface area contributed by atoms with E-state index in [-0.39, 0.29) is 0 Å². The first kappa shape index (κ1) is 18.2. The molecule has 150 valence electrons. The summed E-state index contributed by atoms with van der Waals surface area (Å²) in [5.74, 6) is 1.50. The van der Waals surface area contributed by atoms with Crippen LogP contribution < -0.4 is 5.46 Å². The summed E-state index contributed by atoms with van der Waals surface area (Å²) in [4.78, 5) is 9.91. The third-order valence-corrected chi connectivity index (χ3v) is 5.91. The maximum atomic E-state index is 6.01. The molecule has 1 saturated heterocycles. The van der Waals surface area contributed by atoms with Crippen molar-refractivity contribution in [2.75, 3.05) is 0 Å². The molecule has 0 atom stereocenters. The average Bonchev–Trinajstić information content (AvgIpc) is 3.30. The van der Waals surface area contributed by atoms with Crippen molar-refractivity contribution in [1.29, 1.82) is 0 Å². The van der Waals surface area contributed by atoms with E-state index in [0.29, 0.717) is 5.76 Å². The fraction of sp³-hybridized carbons (Fsp3) is 0.120. The van der Waals surface area contributed by atoms with Crippen LogP contribution in [0.3, 0.4) is 0 Å². The molecule has 6 heteroatoms. The average molecular weight is 405 g/mol. The third-order valence-electron chi connectivity index (χ3n) is 5.91. The first-order chi connectivity index (χ1) is 15.0. The number of imidazole rings is 1. The topological polar surface area (TPSA) is 48.7 Å². The zero-order valence-corrected chi connectivity index (χ0v) is 17.4. The van der Waals surface area contributed by atoms with Gasteiger partial charge in [0.1, 0.15) is 17.1 Å². The van der Waals surface area contributed by atoms with Crippen LogP contribution in [0.4, 0.5) is 0 Å². The second kappa shape index (κ2) is 6.43. The quantitative estimate of drug-likeness (QED) is 0.398. The molecule has 1 aliphatic heterocycles. The Hall–Kier alpha value is -3.64. The molecule has 5 aromatic rings. The number of fused-ring (bicyclic) bond motifs is 5. The van der Waals surface area contributed by atoms with Gasteiger partial charge in [0.05, 0.1) is 22.3 Å². The Bertz CT molecular complexity index is 1490. The predicted octanol–water partition coefficient (Wildman–Crippen LogP) is 4.74. The number of nitrogens with zero attached hydrogens (tertiary/aromatic N) is 3. The molecule has 0 bridgehead atoms. The molecule has 0 aliphatic carbocycles. The Kier molecular flexibility index (Phi) is 3.77. The van der Waals surface area contributed by atoms with Gasteiger partial charge in [0.15, 0.2) is 0 Å². The monoisotopic (exact) mass is 405 g/mol. The van der Waals surface area contributed by atoms with Gasteiger partial charge in [-0.05, 0) is 43.6 Å². The smallest absolute Gasteiger partial charge is 0.534 e. The maximum absolute atomic E-state index is 6.01. The summed E-state index contributed by atoms with van der Waals surface area (Å²) >= 11 is 0. The predicted molar refractivity (Wildman–Crippen MR) is 124 cm³/mol. The summed E-state index contributed by atoms with van der Waals surface area (Å²) in [6.45, 7) is 7.89. The van der Waals surface area contributed by atoms with Gasteiger partial charge < -0.3 is 9.31 Å². The second-order valence-electron chi connectivity index (χ2n) is 8.34. The first-order valence-corrected chi connectivity index (χ1v) is 10.3. The molecule has 0 amide bonds. The molecule has 2 aromatic heterocycles. The highest BCUT2D eigenvalue weighted by Crippen LogP contribution is 2.31. The van der Waals surface area contributed by atoms with Crippen LogP contribution >= 0.6 is 0 Å². The summed E-state index contributed by atoms with van der Waals surface area (Å²) < 4.78 is 14.0. The molecule has 0 N–H and O–H groups in total. The Labute approximate surface area is 180 Å². The van der Waals surface area contributed by atoms with E-state index in [0.717, 1.165) is 44.4 Å². The Balaban J connectivity index is 1.53. The van der Waals surface area contributed by atoms with E-state index >= 15 is 0 Å². The fourth-order valence-corrected chi connectivity index (χ4v) is 4.09. The van der Waals surface area contributed by atoms with Crippen LogP contribution in [0.25, 0.3) is 39.0 Å². The number of hydrogen-bond donors (Lipinski definition) is 0. The molecule has 1 fully saturated rings. The molecule has 3 heterocycles. The lowest BCUT2D eigenvalue weighted by atomic mass is 9.79. The maximum Gasteiger partial charge on any atom is 0.563 e. The minimum Gasteiger partial charge on any atom is -0.534 e. The lowest BCUT2D eigenvalue weighted by molar-refractivity contribution is 0.173. The van der Waals surface area contributed by atoms with E-state index in [1.54, 1.807) is 0 Å². The van der Waals surface area contributed by atoms with Crippen molar-refractivity contribution in [3.63, 3.8) is 0 Å². The van der Waals surface area contributed by atoms with Gasteiger partial charge in [0.25, 0.3) is 0 Å². The van der Waals surface area contributed by atoms with E-state index in [1.807, 2.05) is 62.4 Å². The van der Waals surface area contributed by atoms with Gasteiger partial charge >= 0.3 is 7.12 Å². The highest BCUT2D eigenvalue weighted by Gasteiger charge is 2.42. The second-order valence-corrected chi connectivity index (χ2v) is 8.34. The minimum absolute atomic E-state index is 0.449. The summed E-state index contributed by atoms with van der Waals surface area (Å²) in [7, 11) is -0.449. The molecule has 0 spiro atoms. The van der Waals surface area contributed by atoms with E-state index in [9.17, 15) is 0 Å². The lowest BCUT2D eigenvalue weighted by Gasteiger charge is -2.15. The molecule has 0 saturated carbocycles.